The minimum atomic E-state index is -1.07. The van der Waals surface area contributed by atoms with E-state index in [0.717, 1.165) is 29.9 Å². The predicted molar refractivity (Wildman–Crippen MR) is 119 cm³/mol. The molecular weight excluding hydrogens is 438 g/mol. The van der Waals surface area contributed by atoms with Gasteiger partial charge in [0.05, 0.1) is 6.42 Å². The number of nitrogens with two attached hydrogens (primary N) is 1. The van der Waals surface area contributed by atoms with Crippen molar-refractivity contribution in [2.24, 2.45) is 5.73 Å². The molecule has 0 aromatic rings. The van der Waals surface area contributed by atoms with E-state index in [0.29, 0.717) is 12.2 Å². The molecule has 0 saturated carbocycles. The summed E-state index contributed by atoms with van der Waals surface area (Å²) >= 11 is 1.24. The fraction of sp³-hybridized carbons (Fsp3) is 0.600. The smallest absolute Gasteiger partial charge is 0.253 e. The van der Waals surface area contributed by atoms with Crippen LogP contribution in [0, 0.1) is 0 Å². The number of unbranched alkanes of at least 4 members (excludes halogenated alkanes) is 2. The number of carbonyl (C=O) groups excluding carboxylic acids is 6. The van der Waals surface area contributed by atoms with E-state index in [1.165, 1.54) is 18.7 Å². The SMILES string of the molecule is CC(=O)SCCCCCC(=O)N[C@@H](CC(=O)NCCN1C(=O)C=CC1=O)C(=O)NCCN. The second-order valence-electron chi connectivity index (χ2n) is 7.07. The number of thioether (sulfide) groups is 1. The van der Waals surface area contributed by atoms with Crippen molar-refractivity contribution in [3.8, 4) is 0 Å². The first-order valence-electron chi connectivity index (χ1n) is 10.4. The predicted octanol–water partition coefficient (Wildman–Crippen LogP) is -1.18. The van der Waals surface area contributed by atoms with E-state index in [1.807, 2.05) is 0 Å². The summed E-state index contributed by atoms with van der Waals surface area (Å²) < 4.78 is 0. The standard InChI is InChI=1S/C20H31N5O6S/c1-14(26)32-12-4-2-3-5-16(27)24-15(20(31)23-9-8-21)13-17(28)22-10-11-25-18(29)6-7-19(25)30/h6-7,15H,2-5,8-13,21H2,1H3,(H,22,28)(H,23,31)(H,24,27)/t15-/m0/s1. The Morgan fingerprint density at radius 1 is 1.00 bits per heavy atom. The van der Waals surface area contributed by atoms with Crippen LogP contribution in [-0.2, 0) is 28.8 Å². The van der Waals surface area contributed by atoms with E-state index in [4.69, 9.17) is 5.73 Å². The first kappa shape index (κ1) is 27.3. The van der Waals surface area contributed by atoms with Gasteiger partial charge in [0.2, 0.25) is 17.7 Å². The fourth-order valence-corrected chi connectivity index (χ4v) is 3.43. The van der Waals surface area contributed by atoms with Gasteiger partial charge in [-0.05, 0) is 12.8 Å². The van der Waals surface area contributed by atoms with Crippen LogP contribution in [-0.4, -0.2) is 77.5 Å². The second kappa shape index (κ2) is 15.1. The minimum absolute atomic E-state index is 0.00865. The third kappa shape index (κ3) is 11.0. The summed E-state index contributed by atoms with van der Waals surface area (Å²) in [7, 11) is 0. The second-order valence-corrected chi connectivity index (χ2v) is 8.34. The molecule has 0 unspecified atom stereocenters. The summed E-state index contributed by atoms with van der Waals surface area (Å²) in [6.07, 6.45) is 4.37. The van der Waals surface area contributed by atoms with Crippen molar-refractivity contribution >= 4 is 46.4 Å². The molecule has 178 valence electrons. The van der Waals surface area contributed by atoms with Gasteiger partial charge < -0.3 is 21.7 Å². The molecule has 0 aromatic heterocycles. The lowest BCUT2D eigenvalue weighted by Crippen LogP contribution is -2.50. The van der Waals surface area contributed by atoms with Crippen LogP contribution in [0.5, 0.6) is 0 Å². The van der Waals surface area contributed by atoms with Gasteiger partial charge in [-0.3, -0.25) is 33.7 Å². The Bertz CT molecular complexity index is 724. The monoisotopic (exact) mass is 469 g/mol. The lowest BCUT2D eigenvalue weighted by molar-refractivity contribution is -0.137. The molecular formula is C20H31N5O6S. The molecule has 0 saturated heterocycles. The number of hydrogen-bond donors (Lipinski definition) is 4. The summed E-state index contributed by atoms with van der Waals surface area (Å²) in [4.78, 5) is 71.6. The molecule has 0 aliphatic carbocycles. The molecule has 1 heterocycles. The first-order chi connectivity index (χ1) is 15.2. The molecule has 0 spiro atoms. The lowest BCUT2D eigenvalue weighted by Gasteiger charge is -2.19. The average molecular weight is 470 g/mol. The number of rotatable bonds is 15. The largest absolute Gasteiger partial charge is 0.354 e. The summed E-state index contributed by atoms with van der Waals surface area (Å²) in [5.74, 6) is -1.58. The van der Waals surface area contributed by atoms with Crippen LogP contribution in [0.1, 0.15) is 39.0 Å². The number of nitrogens with one attached hydrogen (secondary N) is 3. The van der Waals surface area contributed by atoms with Crippen molar-refractivity contribution < 1.29 is 28.8 Å². The zero-order valence-electron chi connectivity index (χ0n) is 18.2. The van der Waals surface area contributed by atoms with E-state index in [-0.39, 0.29) is 50.0 Å². The van der Waals surface area contributed by atoms with E-state index in [9.17, 15) is 28.8 Å². The molecule has 5 amide bonds. The van der Waals surface area contributed by atoms with E-state index < -0.39 is 29.7 Å². The van der Waals surface area contributed by atoms with Gasteiger partial charge in [0.1, 0.15) is 6.04 Å². The molecule has 32 heavy (non-hydrogen) atoms. The maximum absolute atomic E-state index is 12.3. The van der Waals surface area contributed by atoms with Crippen LogP contribution in [0.15, 0.2) is 12.2 Å². The number of hydrogen-bond acceptors (Lipinski definition) is 8. The highest BCUT2D eigenvalue weighted by molar-refractivity contribution is 8.13. The van der Waals surface area contributed by atoms with Crippen LogP contribution < -0.4 is 21.7 Å². The van der Waals surface area contributed by atoms with Crippen molar-refractivity contribution in [2.45, 2.75) is 45.1 Å². The maximum atomic E-state index is 12.3. The number of amides is 5. The van der Waals surface area contributed by atoms with E-state index in [1.54, 1.807) is 0 Å². The van der Waals surface area contributed by atoms with Gasteiger partial charge in [0.25, 0.3) is 11.8 Å². The minimum Gasteiger partial charge on any atom is -0.354 e. The van der Waals surface area contributed by atoms with Crippen LogP contribution in [0.2, 0.25) is 0 Å². The van der Waals surface area contributed by atoms with Crippen LogP contribution in [0.25, 0.3) is 0 Å². The summed E-state index contributed by atoms with van der Waals surface area (Å²) in [5.41, 5.74) is 5.38. The van der Waals surface area contributed by atoms with Crippen molar-refractivity contribution in [3.05, 3.63) is 12.2 Å². The van der Waals surface area contributed by atoms with Gasteiger partial charge in [0, 0.05) is 57.4 Å². The topological polar surface area (TPSA) is 168 Å². The van der Waals surface area contributed by atoms with Crippen LogP contribution in [0.3, 0.4) is 0 Å². The highest BCUT2D eigenvalue weighted by Crippen LogP contribution is 2.08. The molecule has 5 N–H and O–H groups in total. The van der Waals surface area contributed by atoms with Gasteiger partial charge in [-0.15, -0.1) is 0 Å². The van der Waals surface area contributed by atoms with Crippen molar-refractivity contribution in [3.63, 3.8) is 0 Å². The molecule has 1 atom stereocenters. The average Bonchev–Trinajstić information content (AvgIpc) is 3.05. The lowest BCUT2D eigenvalue weighted by atomic mass is 10.1. The fourth-order valence-electron chi connectivity index (χ4n) is 2.79. The quantitative estimate of drug-likeness (QED) is 0.172. The Morgan fingerprint density at radius 3 is 2.31 bits per heavy atom. The van der Waals surface area contributed by atoms with Gasteiger partial charge >= 0.3 is 0 Å². The van der Waals surface area contributed by atoms with Gasteiger partial charge in [-0.1, -0.05) is 18.2 Å². The van der Waals surface area contributed by atoms with E-state index in [2.05, 4.69) is 16.0 Å². The highest BCUT2D eigenvalue weighted by atomic mass is 32.2. The molecule has 0 fully saturated rings. The molecule has 1 rings (SSSR count). The third-order valence-electron chi connectivity index (χ3n) is 4.40. The van der Waals surface area contributed by atoms with Crippen LogP contribution in [0.4, 0.5) is 0 Å². The van der Waals surface area contributed by atoms with Gasteiger partial charge in [0.15, 0.2) is 5.12 Å². The first-order valence-corrected chi connectivity index (χ1v) is 11.4. The summed E-state index contributed by atoms with van der Waals surface area (Å²) in [5, 5.41) is 7.72. The number of nitrogens with zero attached hydrogens (tertiary/aromatic N) is 1. The summed E-state index contributed by atoms with van der Waals surface area (Å²) in [6.45, 7) is 1.96. The Labute approximate surface area is 191 Å². The molecule has 1 aliphatic rings. The highest BCUT2D eigenvalue weighted by Gasteiger charge is 2.25. The van der Waals surface area contributed by atoms with Crippen molar-refractivity contribution in [1.29, 1.82) is 0 Å². The molecule has 0 aromatic carbocycles. The van der Waals surface area contributed by atoms with Gasteiger partial charge in [-0.2, -0.15) is 0 Å². The maximum Gasteiger partial charge on any atom is 0.253 e. The zero-order chi connectivity index (χ0) is 23.9. The van der Waals surface area contributed by atoms with Crippen molar-refractivity contribution in [1.82, 2.24) is 20.9 Å². The van der Waals surface area contributed by atoms with Crippen LogP contribution >= 0.6 is 11.8 Å². The Balaban J connectivity index is 2.43. The Hall–Kier alpha value is -2.73. The molecule has 12 heteroatoms. The van der Waals surface area contributed by atoms with Gasteiger partial charge in [-0.25, -0.2) is 0 Å². The molecule has 0 bridgehead atoms. The molecule has 1 aliphatic heterocycles. The Morgan fingerprint density at radius 2 is 1.69 bits per heavy atom. The third-order valence-corrected chi connectivity index (χ3v) is 5.30. The van der Waals surface area contributed by atoms with Crippen molar-refractivity contribution in [2.75, 3.05) is 31.9 Å². The zero-order valence-corrected chi connectivity index (χ0v) is 19.0. The molecule has 11 nitrogen and oxygen atoms in total. The Kier molecular flexibility index (Phi) is 12.9. The number of carbonyl (C=O) groups is 6. The normalized spacial score (nSPS) is 13.8. The molecule has 0 radical (unpaired) electrons. The van der Waals surface area contributed by atoms with E-state index >= 15 is 0 Å². The number of imide groups is 1. The summed E-state index contributed by atoms with van der Waals surface area (Å²) in [6, 6.07) is -1.07.